The highest BCUT2D eigenvalue weighted by Crippen LogP contribution is 2.23. The van der Waals surface area contributed by atoms with Gasteiger partial charge in [0.25, 0.3) is 0 Å². The number of rotatable bonds is 3. The number of aldehydes is 1. The predicted molar refractivity (Wildman–Crippen MR) is 72.5 cm³/mol. The van der Waals surface area contributed by atoms with Gasteiger partial charge in [-0.2, -0.15) is 5.10 Å². The standard InChI is InChI=1S/C15H18N2O/c1-5-13-8-6-7-10(2)15(13)17-12(4)14(9-18)11(3)16-17/h6-9H,5H2,1-4H3. The highest BCUT2D eigenvalue weighted by atomic mass is 16.1. The minimum absolute atomic E-state index is 0.695. The van der Waals surface area contributed by atoms with Gasteiger partial charge in [0, 0.05) is 0 Å². The lowest BCUT2D eigenvalue weighted by Crippen LogP contribution is -2.05. The first-order valence-electron chi connectivity index (χ1n) is 6.20. The summed E-state index contributed by atoms with van der Waals surface area (Å²) < 4.78 is 1.90. The minimum Gasteiger partial charge on any atom is -0.298 e. The van der Waals surface area contributed by atoms with E-state index >= 15 is 0 Å². The van der Waals surface area contributed by atoms with Gasteiger partial charge < -0.3 is 0 Å². The van der Waals surface area contributed by atoms with Gasteiger partial charge >= 0.3 is 0 Å². The molecule has 0 aliphatic rings. The zero-order chi connectivity index (χ0) is 13.3. The molecule has 0 radical (unpaired) electrons. The van der Waals surface area contributed by atoms with Crippen LogP contribution in [0.25, 0.3) is 5.69 Å². The van der Waals surface area contributed by atoms with E-state index in [0.29, 0.717) is 5.56 Å². The summed E-state index contributed by atoms with van der Waals surface area (Å²) in [5.41, 5.74) is 5.92. The van der Waals surface area contributed by atoms with Gasteiger partial charge in [0.2, 0.25) is 0 Å². The number of hydrogen-bond acceptors (Lipinski definition) is 2. The number of benzene rings is 1. The first kappa shape index (κ1) is 12.6. The fourth-order valence-electron chi connectivity index (χ4n) is 2.35. The van der Waals surface area contributed by atoms with Crippen molar-refractivity contribution in [1.29, 1.82) is 0 Å². The van der Waals surface area contributed by atoms with Gasteiger partial charge in [-0.15, -0.1) is 0 Å². The lowest BCUT2D eigenvalue weighted by Gasteiger charge is -2.13. The van der Waals surface area contributed by atoms with Gasteiger partial charge in [0.1, 0.15) is 0 Å². The fourth-order valence-corrected chi connectivity index (χ4v) is 2.35. The Balaban J connectivity index is 2.73. The van der Waals surface area contributed by atoms with Gasteiger partial charge in [0.15, 0.2) is 6.29 Å². The highest BCUT2D eigenvalue weighted by Gasteiger charge is 2.15. The van der Waals surface area contributed by atoms with Crippen LogP contribution >= 0.6 is 0 Å². The second-order valence-corrected chi connectivity index (χ2v) is 4.55. The Morgan fingerprint density at radius 3 is 2.56 bits per heavy atom. The van der Waals surface area contributed by atoms with Crippen LogP contribution in [0, 0.1) is 20.8 Å². The first-order chi connectivity index (χ1) is 8.60. The van der Waals surface area contributed by atoms with E-state index in [1.54, 1.807) is 0 Å². The van der Waals surface area contributed by atoms with Crippen LogP contribution in [0.1, 0.15) is 39.8 Å². The van der Waals surface area contributed by atoms with Gasteiger partial charge in [-0.1, -0.05) is 25.1 Å². The third kappa shape index (κ3) is 1.86. The summed E-state index contributed by atoms with van der Waals surface area (Å²) in [6, 6.07) is 6.24. The summed E-state index contributed by atoms with van der Waals surface area (Å²) in [5.74, 6) is 0. The number of hydrogen-bond donors (Lipinski definition) is 0. The number of aryl methyl sites for hydroxylation is 3. The maximum absolute atomic E-state index is 11.1. The summed E-state index contributed by atoms with van der Waals surface area (Å²) in [6.07, 6.45) is 1.84. The molecule has 0 fully saturated rings. The van der Waals surface area contributed by atoms with Crippen molar-refractivity contribution in [2.45, 2.75) is 34.1 Å². The molecule has 3 nitrogen and oxygen atoms in total. The van der Waals surface area contributed by atoms with Crippen molar-refractivity contribution >= 4 is 6.29 Å². The van der Waals surface area contributed by atoms with E-state index in [9.17, 15) is 4.79 Å². The van der Waals surface area contributed by atoms with Crippen LogP contribution < -0.4 is 0 Å². The fraction of sp³-hybridized carbons (Fsp3) is 0.333. The Morgan fingerprint density at radius 1 is 1.28 bits per heavy atom. The van der Waals surface area contributed by atoms with E-state index in [0.717, 1.165) is 29.8 Å². The molecule has 1 aromatic heterocycles. The molecule has 0 aliphatic carbocycles. The zero-order valence-electron chi connectivity index (χ0n) is 11.3. The van der Waals surface area contributed by atoms with Gasteiger partial charge in [-0.25, -0.2) is 4.68 Å². The Labute approximate surface area is 107 Å². The molecule has 0 amide bonds. The molecule has 0 aliphatic heterocycles. The molecule has 18 heavy (non-hydrogen) atoms. The number of carbonyl (C=O) groups is 1. The molecular formula is C15H18N2O. The molecule has 2 aromatic rings. The third-order valence-corrected chi connectivity index (χ3v) is 3.38. The number of aromatic nitrogens is 2. The monoisotopic (exact) mass is 242 g/mol. The van der Waals surface area contributed by atoms with Crippen molar-refractivity contribution in [2.24, 2.45) is 0 Å². The second kappa shape index (κ2) is 4.77. The smallest absolute Gasteiger partial charge is 0.153 e. The van der Waals surface area contributed by atoms with Gasteiger partial charge in [0.05, 0.1) is 22.6 Å². The summed E-state index contributed by atoms with van der Waals surface area (Å²) in [4.78, 5) is 11.1. The van der Waals surface area contributed by atoms with Crippen molar-refractivity contribution < 1.29 is 4.79 Å². The minimum atomic E-state index is 0.695. The maximum atomic E-state index is 11.1. The van der Waals surface area contributed by atoms with E-state index in [2.05, 4.69) is 37.1 Å². The summed E-state index contributed by atoms with van der Waals surface area (Å²) >= 11 is 0. The molecule has 0 spiro atoms. The van der Waals surface area contributed by atoms with Crippen LogP contribution in [0.2, 0.25) is 0 Å². The van der Waals surface area contributed by atoms with Gasteiger partial charge in [-0.05, 0) is 38.3 Å². The van der Waals surface area contributed by atoms with Crippen molar-refractivity contribution in [3.05, 3.63) is 46.3 Å². The summed E-state index contributed by atoms with van der Waals surface area (Å²) in [7, 11) is 0. The van der Waals surface area contributed by atoms with Crippen molar-refractivity contribution in [1.82, 2.24) is 9.78 Å². The molecule has 0 saturated carbocycles. The SMILES string of the molecule is CCc1cccc(C)c1-n1nc(C)c(C=O)c1C. The van der Waals surface area contributed by atoms with Crippen LogP contribution in [0.4, 0.5) is 0 Å². The topological polar surface area (TPSA) is 34.9 Å². The second-order valence-electron chi connectivity index (χ2n) is 4.55. The first-order valence-corrected chi connectivity index (χ1v) is 6.20. The molecule has 3 heteroatoms. The van der Waals surface area contributed by atoms with Crippen LogP contribution in [0.15, 0.2) is 18.2 Å². The molecule has 94 valence electrons. The molecule has 0 saturated heterocycles. The largest absolute Gasteiger partial charge is 0.298 e. The normalized spacial score (nSPS) is 10.7. The van der Waals surface area contributed by atoms with E-state index in [1.807, 2.05) is 18.5 Å². The highest BCUT2D eigenvalue weighted by molar-refractivity contribution is 5.78. The van der Waals surface area contributed by atoms with Crippen LogP contribution in [0.5, 0.6) is 0 Å². The van der Waals surface area contributed by atoms with Crippen LogP contribution in [0.3, 0.4) is 0 Å². The Kier molecular flexibility index (Phi) is 3.32. The summed E-state index contributed by atoms with van der Waals surface area (Å²) in [5, 5.41) is 4.51. The van der Waals surface area contributed by atoms with Crippen LogP contribution in [-0.4, -0.2) is 16.1 Å². The maximum Gasteiger partial charge on any atom is 0.153 e. The van der Waals surface area contributed by atoms with Crippen molar-refractivity contribution in [3.63, 3.8) is 0 Å². The molecule has 0 bridgehead atoms. The number of carbonyl (C=O) groups excluding carboxylic acids is 1. The Bertz CT molecular complexity index is 597. The molecule has 1 aromatic carbocycles. The zero-order valence-corrected chi connectivity index (χ0v) is 11.3. The van der Waals surface area contributed by atoms with Crippen molar-refractivity contribution in [3.8, 4) is 5.69 Å². The van der Waals surface area contributed by atoms with E-state index < -0.39 is 0 Å². The van der Waals surface area contributed by atoms with E-state index in [4.69, 9.17) is 0 Å². The lowest BCUT2D eigenvalue weighted by atomic mass is 10.1. The van der Waals surface area contributed by atoms with Gasteiger partial charge in [-0.3, -0.25) is 4.79 Å². The predicted octanol–water partition coefficient (Wildman–Crippen LogP) is 3.17. The average molecular weight is 242 g/mol. The molecule has 2 rings (SSSR count). The molecule has 0 atom stereocenters. The Morgan fingerprint density at radius 2 is 2.00 bits per heavy atom. The van der Waals surface area contributed by atoms with E-state index in [1.165, 1.54) is 11.1 Å². The average Bonchev–Trinajstić information content (AvgIpc) is 2.63. The third-order valence-electron chi connectivity index (χ3n) is 3.38. The van der Waals surface area contributed by atoms with E-state index in [-0.39, 0.29) is 0 Å². The summed E-state index contributed by atoms with van der Waals surface area (Å²) in [6.45, 7) is 8.02. The quantitative estimate of drug-likeness (QED) is 0.775. The number of para-hydroxylation sites is 1. The molecule has 0 unspecified atom stereocenters. The molecular weight excluding hydrogens is 224 g/mol. The number of nitrogens with zero attached hydrogens (tertiary/aromatic N) is 2. The lowest BCUT2D eigenvalue weighted by molar-refractivity contribution is 0.112. The Hall–Kier alpha value is -1.90. The molecule has 0 N–H and O–H groups in total. The molecule has 1 heterocycles. The van der Waals surface area contributed by atoms with Crippen LogP contribution in [-0.2, 0) is 6.42 Å². The van der Waals surface area contributed by atoms with Crippen molar-refractivity contribution in [2.75, 3.05) is 0 Å².